The van der Waals surface area contributed by atoms with Crippen molar-refractivity contribution in [2.75, 3.05) is 44.4 Å². The second-order valence-electron chi connectivity index (χ2n) is 10.3. The maximum atomic E-state index is 11.7. The normalized spacial score (nSPS) is 13.9. The van der Waals surface area contributed by atoms with Gasteiger partial charge in [0.25, 0.3) is 0 Å². The van der Waals surface area contributed by atoms with E-state index in [0.717, 1.165) is 58.0 Å². The molecule has 0 atom stereocenters. The first-order chi connectivity index (χ1) is 19.4. The van der Waals surface area contributed by atoms with Crippen LogP contribution >= 0.6 is 0 Å². The zero-order valence-corrected chi connectivity index (χ0v) is 23.6. The summed E-state index contributed by atoms with van der Waals surface area (Å²) in [7, 11) is 0. The average Bonchev–Trinajstić information content (AvgIpc) is 3.55. The molecular weight excluding hydrogens is 510 g/mol. The van der Waals surface area contributed by atoms with Gasteiger partial charge in [-0.1, -0.05) is 11.2 Å². The molecule has 212 valence electrons. The first-order valence-electron chi connectivity index (χ1n) is 13.9. The maximum absolute atomic E-state index is 11.7. The molecule has 0 bridgehead atoms. The highest BCUT2D eigenvalue weighted by Gasteiger charge is 2.20. The van der Waals surface area contributed by atoms with Crippen molar-refractivity contribution >= 4 is 22.6 Å². The molecule has 1 aliphatic heterocycles. The molecule has 40 heavy (non-hydrogen) atoms. The van der Waals surface area contributed by atoms with Crippen molar-refractivity contribution in [2.45, 2.75) is 53.1 Å². The Balaban J connectivity index is 1.32. The van der Waals surface area contributed by atoms with Crippen molar-refractivity contribution in [1.29, 1.82) is 0 Å². The molecule has 0 radical (unpaired) electrons. The molecule has 1 aromatic carbocycles. The predicted octanol–water partition coefficient (Wildman–Crippen LogP) is 3.92. The van der Waals surface area contributed by atoms with Gasteiger partial charge in [-0.15, -0.1) is 0 Å². The number of hydrogen-bond donors (Lipinski definition) is 1. The van der Waals surface area contributed by atoms with Crippen LogP contribution in [0.4, 0.5) is 5.82 Å². The fraction of sp³-hybridized carbons (Fsp3) is 0.483. The van der Waals surface area contributed by atoms with Gasteiger partial charge in [0.2, 0.25) is 5.91 Å². The van der Waals surface area contributed by atoms with E-state index in [-0.39, 0.29) is 11.9 Å². The molecule has 0 spiro atoms. The Bertz CT molecular complexity index is 1440. The fourth-order valence-corrected chi connectivity index (χ4v) is 4.90. The van der Waals surface area contributed by atoms with Gasteiger partial charge >= 0.3 is 0 Å². The van der Waals surface area contributed by atoms with Crippen molar-refractivity contribution in [3.05, 3.63) is 42.0 Å². The molecule has 4 heterocycles. The number of morpholine rings is 1. The molecule has 1 fully saturated rings. The first kappa shape index (κ1) is 27.7. The van der Waals surface area contributed by atoms with E-state index < -0.39 is 0 Å². The molecule has 1 saturated heterocycles. The minimum atomic E-state index is 0.0575. The molecule has 11 nitrogen and oxygen atoms in total. The summed E-state index contributed by atoms with van der Waals surface area (Å²) in [4.78, 5) is 23.9. The molecule has 0 unspecified atom stereocenters. The molecule has 1 aliphatic rings. The molecule has 4 aromatic rings. The third kappa shape index (κ3) is 6.48. The molecule has 1 amide bonds. The number of nitrogens with one attached hydrogen (secondary N) is 1. The minimum absolute atomic E-state index is 0.0575. The molecule has 3 aromatic heterocycles. The lowest BCUT2D eigenvalue weighted by Gasteiger charge is -2.29. The summed E-state index contributed by atoms with van der Waals surface area (Å²) in [5, 5.41) is 12.5. The maximum Gasteiger partial charge on any atom is 0.220 e. The average molecular weight is 548 g/mol. The topological polar surface area (TPSA) is 120 Å². The van der Waals surface area contributed by atoms with Crippen molar-refractivity contribution < 1.29 is 18.8 Å². The fourth-order valence-electron chi connectivity index (χ4n) is 4.90. The largest absolute Gasteiger partial charge is 0.380 e. The quantitative estimate of drug-likeness (QED) is 0.279. The Morgan fingerprint density at radius 2 is 1.95 bits per heavy atom. The van der Waals surface area contributed by atoms with Crippen LogP contribution in [0.2, 0.25) is 0 Å². The number of amides is 1. The number of fused-ring (bicyclic) bond motifs is 1. The Hall–Kier alpha value is -3.83. The highest BCUT2D eigenvalue weighted by atomic mass is 16.5. The second kappa shape index (κ2) is 12.6. The highest BCUT2D eigenvalue weighted by molar-refractivity contribution is 5.94. The number of benzene rings is 1. The van der Waals surface area contributed by atoms with Gasteiger partial charge in [-0.2, -0.15) is 5.10 Å². The zero-order valence-electron chi connectivity index (χ0n) is 23.6. The van der Waals surface area contributed by atoms with Gasteiger partial charge in [0.05, 0.1) is 49.3 Å². The summed E-state index contributed by atoms with van der Waals surface area (Å²) in [6.07, 6.45) is 4.89. The Kier molecular flexibility index (Phi) is 8.71. The van der Waals surface area contributed by atoms with Crippen LogP contribution in [0.25, 0.3) is 33.4 Å². The van der Waals surface area contributed by atoms with Crippen molar-refractivity contribution in [1.82, 2.24) is 30.2 Å². The molecule has 0 saturated carbocycles. The van der Waals surface area contributed by atoms with Crippen molar-refractivity contribution in [3.63, 3.8) is 0 Å². The van der Waals surface area contributed by atoms with E-state index in [1.165, 1.54) is 0 Å². The number of nitrogens with zero attached hydrogens (tertiary/aromatic N) is 6. The Morgan fingerprint density at radius 3 is 2.70 bits per heavy atom. The van der Waals surface area contributed by atoms with E-state index in [9.17, 15) is 4.79 Å². The number of rotatable bonds is 11. The van der Waals surface area contributed by atoms with E-state index in [2.05, 4.69) is 32.6 Å². The first-order valence-corrected chi connectivity index (χ1v) is 13.9. The van der Waals surface area contributed by atoms with Crippen LogP contribution in [0.5, 0.6) is 0 Å². The lowest BCUT2D eigenvalue weighted by atomic mass is 10.0. The second-order valence-corrected chi connectivity index (χ2v) is 10.3. The van der Waals surface area contributed by atoms with E-state index in [1.54, 1.807) is 6.20 Å². The highest BCUT2D eigenvalue weighted by Crippen LogP contribution is 2.34. The third-order valence-electron chi connectivity index (χ3n) is 6.81. The number of hydrogen-bond acceptors (Lipinski definition) is 9. The van der Waals surface area contributed by atoms with Gasteiger partial charge in [0, 0.05) is 49.3 Å². The summed E-state index contributed by atoms with van der Waals surface area (Å²) in [5.74, 6) is 2.36. The van der Waals surface area contributed by atoms with Crippen LogP contribution in [0.15, 0.2) is 35.1 Å². The molecule has 0 aliphatic carbocycles. The van der Waals surface area contributed by atoms with Crippen LogP contribution in [-0.2, 0) is 20.8 Å². The summed E-state index contributed by atoms with van der Waals surface area (Å²) in [6.45, 7) is 12.3. The number of anilines is 1. The summed E-state index contributed by atoms with van der Waals surface area (Å²) >= 11 is 0. The van der Waals surface area contributed by atoms with E-state index in [0.29, 0.717) is 51.6 Å². The molecular formula is C29H37N7O4. The lowest BCUT2D eigenvalue weighted by Crippen LogP contribution is -2.37. The Labute approximate surface area is 233 Å². The number of carbonyl (C=O) groups is 1. The van der Waals surface area contributed by atoms with Gasteiger partial charge in [0.1, 0.15) is 11.6 Å². The third-order valence-corrected chi connectivity index (χ3v) is 6.81. The summed E-state index contributed by atoms with van der Waals surface area (Å²) in [6, 6.07) is 6.38. The van der Waals surface area contributed by atoms with Crippen LogP contribution in [0.3, 0.4) is 0 Å². The minimum Gasteiger partial charge on any atom is -0.380 e. The van der Waals surface area contributed by atoms with E-state index in [1.807, 2.05) is 44.6 Å². The van der Waals surface area contributed by atoms with Gasteiger partial charge in [-0.05, 0) is 51.8 Å². The number of carbonyl (C=O) groups excluding carboxylic acids is 1. The molecule has 11 heteroatoms. The van der Waals surface area contributed by atoms with Gasteiger partial charge in [0.15, 0.2) is 5.82 Å². The lowest BCUT2D eigenvalue weighted by molar-refractivity contribution is -0.121. The van der Waals surface area contributed by atoms with Crippen LogP contribution in [-0.4, -0.2) is 76.4 Å². The number of ether oxygens (including phenoxy) is 2. The van der Waals surface area contributed by atoms with Crippen LogP contribution in [0.1, 0.15) is 38.1 Å². The predicted molar refractivity (Wildman–Crippen MR) is 152 cm³/mol. The summed E-state index contributed by atoms with van der Waals surface area (Å²) in [5.41, 5.74) is 4.59. The monoisotopic (exact) mass is 547 g/mol. The van der Waals surface area contributed by atoms with Crippen LogP contribution in [0, 0.1) is 13.8 Å². The molecule has 1 N–H and O–H groups in total. The van der Waals surface area contributed by atoms with Crippen molar-refractivity contribution in [2.24, 2.45) is 0 Å². The van der Waals surface area contributed by atoms with E-state index >= 15 is 0 Å². The molecule has 5 rings (SSSR count). The van der Waals surface area contributed by atoms with Gasteiger partial charge < -0.3 is 24.2 Å². The number of aryl methyl sites for hydroxylation is 2. The van der Waals surface area contributed by atoms with E-state index in [4.69, 9.17) is 24.0 Å². The standard InChI is InChI=1S/C29H37N7O4/c1-19(2)31-26(37)6-5-12-38-15-11-36-18-23(17-30-36)28-32-25-8-7-22(27-20(3)34-40-21(27)4)16-24(25)29(33-28)35-9-13-39-14-10-35/h7-8,16-19H,5-6,9-15H2,1-4H3,(H,31,37). The number of aromatic nitrogens is 5. The Morgan fingerprint density at radius 1 is 1.12 bits per heavy atom. The summed E-state index contributed by atoms with van der Waals surface area (Å²) < 4.78 is 18.6. The van der Waals surface area contributed by atoms with Crippen molar-refractivity contribution in [3.8, 4) is 22.5 Å². The SMILES string of the molecule is Cc1noc(C)c1-c1ccc2nc(-c3cnn(CCOCCCC(=O)NC(C)C)c3)nc(N3CCOCC3)c2c1. The van der Waals surface area contributed by atoms with Gasteiger partial charge in [-0.3, -0.25) is 9.48 Å². The smallest absolute Gasteiger partial charge is 0.220 e. The van der Waals surface area contributed by atoms with Crippen LogP contribution < -0.4 is 10.2 Å². The zero-order chi connectivity index (χ0) is 28.1. The van der Waals surface area contributed by atoms with Gasteiger partial charge in [-0.25, -0.2) is 9.97 Å².